The number of piperidine rings is 1. The minimum Gasteiger partial charge on any atom is -0.384 e. The molecule has 1 heterocycles. The predicted octanol–water partition coefficient (Wildman–Crippen LogP) is 4.24. The molecule has 9 heteroatoms. The van der Waals surface area contributed by atoms with Crippen molar-refractivity contribution < 1.29 is 9.59 Å². The van der Waals surface area contributed by atoms with Gasteiger partial charge in [0.25, 0.3) is 0 Å². The van der Waals surface area contributed by atoms with Gasteiger partial charge in [-0.05, 0) is 65.8 Å². The average Bonchev–Trinajstić information content (AvgIpc) is 3.05. The second-order valence-corrected chi connectivity index (χ2v) is 12.4. The fourth-order valence-corrected chi connectivity index (χ4v) is 6.81. The summed E-state index contributed by atoms with van der Waals surface area (Å²) in [5, 5.41) is 23.9. The number of likely N-dealkylation sites (tertiary alicyclic amines) is 1. The lowest BCUT2D eigenvalue weighted by Crippen LogP contribution is -2.53. The number of hydrogen-bond acceptors (Lipinski definition) is 4. The molecule has 1 unspecified atom stereocenters. The number of nitrogen functional groups attached to an aromatic ring is 1. The Kier molecular flexibility index (Phi) is 10.1. The van der Waals surface area contributed by atoms with Gasteiger partial charge in [0.15, 0.2) is 5.96 Å². The number of carbonyl (C=O) groups is 2. The molecule has 1 aliphatic carbocycles. The van der Waals surface area contributed by atoms with Crippen LogP contribution in [0.2, 0.25) is 0 Å². The van der Waals surface area contributed by atoms with Crippen LogP contribution in [0.5, 0.6) is 0 Å². The molecule has 0 aromatic heterocycles. The fourth-order valence-electron chi connectivity index (χ4n) is 6.81. The predicted molar refractivity (Wildman–Crippen MR) is 176 cm³/mol. The van der Waals surface area contributed by atoms with Crippen LogP contribution in [0.4, 0.5) is 0 Å². The smallest absolute Gasteiger partial charge is 0.242 e. The van der Waals surface area contributed by atoms with E-state index in [-0.39, 0.29) is 29.5 Å². The molecule has 2 amide bonds. The van der Waals surface area contributed by atoms with Crippen molar-refractivity contribution in [2.45, 2.75) is 63.3 Å². The maximum absolute atomic E-state index is 14.3. The van der Waals surface area contributed by atoms with Crippen molar-refractivity contribution in [3.8, 4) is 0 Å². The molecule has 44 heavy (non-hydrogen) atoms. The summed E-state index contributed by atoms with van der Waals surface area (Å²) in [4.78, 5) is 30.0. The topological polar surface area (TPSA) is 161 Å². The standard InChI is InChI=1S/C35H45N7O2/c36-32(37)27-15-13-23(14-16-27)21-30(29-12-6-10-25-7-4-5-11-28(25)29)33(43)41-31(26-8-2-1-3-9-26)34(44)40-22-24-17-19-42(20-18-24)35(38)39/h4-7,10-16,24,26,30-31H,1-3,8-9,17-22H2,(H3,36,37)(H3,38,39)(H,40,44)(H,41,43)/t30?,31-/m0/s1. The van der Waals surface area contributed by atoms with Crippen molar-refractivity contribution in [2.24, 2.45) is 23.3 Å². The number of nitrogens with two attached hydrogens (primary N) is 2. The van der Waals surface area contributed by atoms with Crippen LogP contribution in [0.15, 0.2) is 66.7 Å². The van der Waals surface area contributed by atoms with Gasteiger partial charge >= 0.3 is 0 Å². The molecular formula is C35H45N7O2. The van der Waals surface area contributed by atoms with Crippen LogP contribution in [-0.2, 0) is 16.0 Å². The van der Waals surface area contributed by atoms with E-state index in [0.29, 0.717) is 24.4 Å². The Morgan fingerprint density at radius 1 is 0.841 bits per heavy atom. The Bertz CT molecular complexity index is 1470. The van der Waals surface area contributed by atoms with Crippen LogP contribution >= 0.6 is 0 Å². The van der Waals surface area contributed by atoms with Gasteiger partial charge in [-0.3, -0.25) is 20.4 Å². The lowest BCUT2D eigenvalue weighted by molar-refractivity contribution is -0.131. The molecule has 3 aromatic carbocycles. The largest absolute Gasteiger partial charge is 0.384 e. The second kappa shape index (κ2) is 14.4. The quantitative estimate of drug-likeness (QED) is 0.152. The third-order valence-electron chi connectivity index (χ3n) is 9.44. The summed E-state index contributed by atoms with van der Waals surface area (Å²) in [6, 6.07) is 21.0. The van der Waals surface area contributed by atoms with Gasteiger partial charge in [-0.2, -0.15) is 0 Å². The van der Waals surface area contributed by atoms with Gasteiger partial charge in [-0.1, -0.05) is 86.0 Å². The number of carbonyl (C=O) groups excluding carboxylic acids is 2. The van der Waals surface area contributed by atoms with Gasteiger partial charge in [0.1, 0.15) is 11.9 Å². The molecule has 3 aromatic rings. The normalized spacial score (nSPS) is 17.5. The zero-order valence-corrected chi connectivity index (χ0v) is 25.4. The summed E-state index contributed by atoms with van der Waals surface area (Å²) in [6.07, 6.45) is 7.29. The molecule has 232 valence electrons. The molecule has 2 aliphatic rings. The van der Waals surface area contributed by atoms with Crippen LogP contribution in [-0.4, -0.2) is 54.2 Å². The summed E-state index contributed by atoms with van der Waals surface area (Å²) in [6.45, 7) is 2.00. The van der Waals surface area contributed by atoms with Crippen LogP contribution in [0.3, 0.4) is 0 Å². The highest BCUT2D eigenvalue weighted by Crippen LogP contribution is 2.31. The molecule has 0 bridgehead atoms. The van der Waals surface area contributed by atoms with E-state index in [4.69, 9.17) is 22.3 Å². The number of hydrogen-bond donors (Lipinski definition) is 6. The number of guanidine groups is 1. The molecule has 2 atom stereocenters. The number of amides is 2. The van der Waals surface area contributed by atoms with Crippen LogP contribution in [0, 0.1) is 22.7 Å². The monoisotopic (exact) mass is 595 g/mol. The minimum atomic E-state index is -0.599. The maximum atomic E-state index is 14.3. The van der Waals surface area contributed by atoms with E-state index in [2.05, 4.69) is 22.8 Å². The van der Waals surface area contributed by atoms with E-state index >= 15 is 0 Å². The molecule has 2 fully saturated rings. The summed E-state index contributed by atoms with van der Waals surface area (Å²) in [5.74, 6) is -0.263. The highest BCUT2D eigenvalue weighted by molar-refractivity contribution is 5.96. The Morgan fingerprint density at radius 2 is 1.52 bits per heavy atom. The molecular weight excluding hydrogens is 550 g/mol. The van der Waals surface area contributed by atoms with E-state index in [1.807, 2.05) is 59.5 Å². The number of benzene rings is 3. The van der Waals surface area contributed by atoms with Gasteiger partial charge in [-0.15, -0.1) is 0 Å². The Balaban J connectivity index is 1.37. The Morgan fingerprint density at radius 3 is 2.20 bits per heavy atom. The maximum Gasteiger partial charge on any atom is 0.242 e. The van der Waals surface area contributed by atoms with Crippen LogP contribution in [0.1, 0.15) is 67.6 Å². The zero-order valence-electron chi connectivity index (χ0n) is 25.4. The van der Waals surface area contributed by atoms with Crippen LogP contribution < -0.4 is 22.1 Å². The fraction of sp³-hybridized carbons (Fsp3) is 0.429. The first-order valence-electron chi connectivity index (χ1n) is 15.9. The van der Waals surface area contributed by atoms with Gasteiger partial charge < -0.3 is 27.0 Å². The first kappa shape index (κ1) is 31.0. The van der Waals surface area contributed by atoms with Gasteiger partial charge in [-0.25, -0.2) is 0 Å². The number of nitrogens with one attached hydrogen (secondary N) is 4. The number of nitrogens with zero attached hydrogens (tertiary/aromatic N) is 1. The van der Waals surface area contributed by atoms with E-state index in [1.54, 1.807) is 0 Å². The molecule has 8 N–H and O–H groups in total. The Hall–Kier alpha value is -4.40. The molecule has 5 rings (SSSR count). The lowest BCUT2D eigenvalue weighted by Gasteiger charge is -2.34. The van der Waals surface area contributed by atoms with Crippen LogP contribution in [0.25, 0.3) is 10.8 Å². The summed E-state index contributed by atoms with van der Waals surface area (Å²) in [7, 11) is 0. The number of amidine groups is 1. The van der Waals surface area contributed by atoms with Crippen molar-refractivity contribution in [3.05, 3.63) is 83.4 Å². The zero-order chi connectivity index (χ0) is 31.1. The van der Waals surface area contributed by atoms with Crippen molar-refractivity contribution >= 4 is 34.4 Å². The third kappa shape index (κ3) is 7.56. The van der Waals surface area contributed by atoms with Gasteiger partial charge in [0, 0.05) is 25.2 Å². The Labute approximate surface area is 259 Å². The van der Waals surface area contributed by atoms with Crippen molar-refractivity contribution in [1.82, 2.24) is 15.5 Å². The lowest BCUT2D eigenvalue weighted by atomic mass is 9.82. The first-order valence-corrected chi connectivity index (χ1v) is 15.9. The van der Waals surface area contributed by atoms with E-state index in [9.17, 15) is 9.59 Å². The van der Waals surface area contributed by atoms with E-state index in [0.717, 1.165) is 79.9 Å². The van der Waals surface area contributed by atoms with Crippen molar-refractivity contribution in [2.75, 3.05) is 19.6 Å². The van der Waals surface area contributed by atoms with Crippen molar-refractivity contribution in [1.29, 1.82) is 10.8 Å². The molecule has 1 saturated carbocycles. The van der Waals surface area contributed by atoms with Gasteiger partial charge in [0.05, 0.1) is 5.92 Å². The third-order valence-corrected chi connectivity index (χ3v) is 9.44. The van der Waals surface area contributed by atoms with E-state index < -0.39 is 12.0 Å². The summed E-state index contributed by atoms with van der Waals surface area (Å²) in [5.41, 5.74) is 13.9. The van der Waals surface area contributed by atoms with Gasteiger partial charge in [0.2, 0.25) is 11.8 Å². The number of fused-ring (bicyclic) bond motifs is 1. The highest BCUT2D eigenvalue weighted by atomic mass is 16.2. The molecule has 1 aliphatic heterocycles. The summed E-state index contributed by atoms with van der Waals surface area (Å²) >= 11 is 0. The minimum absolute atomic E-state index is 0.00522. The van der Waals surface area contributed by atoms with Crippen molar-refractivity contribution in [3.63, 3.8) is 0 Å². The average molecular weight is 596 g/mol. The second-order valence-electron chi connectivity index (χ2n) is 12.4. The summed E-state index contributed by atoms with van der Waals surface area (Å²) < 4.78 is 0. The molecule has 1 saturated heterocycles. The first-order chi connectivity index (χ1) is 21.3. The number of rotatable bonds is 10. The molecule has 9 nitrogen and oxygen atoms in total. The van der Waals surface area contributed by atoms with E-state index in [1.165, 1.54) is 0 Å². The highest BCUT2D eigenvalue weighted by Gasteiger charge is 2.34. The molecule has 0 spiro atoms. The SMILES string of the molecule is N=C(N)c1ccc(CC(C(=O)N[C@H](C(=O)NCC2CCN(C(=N)N)CC2)C2CCCCC2)c2cccc3ccccc23)cc1. The molecule has 0 radical (unpaired) electrons.